The number of benzene rings is 2. The SMILES string of the molecule is COc1cccc(CN(CC2CCCO2)C(=O)CCc2ncc(-c3ccccc3Cl)o2)c1. The van der Waals surface area contributed by atoms with Gasteiger partial charge in [-0.05, 0) is 42.7 Å². The monoisotopic (exact) mass is 454 g/mol. The molecule has 7 heteroatoms. The van der Waals surface area contributed by atoms with Crippen molar-refractivity contribution in [3.8, 4) is 17.1 Å². The molecule has 2 aromatic carbocycles. The predicted octanol–water partition coefficient (Wildman–Crippen LogP) is 5.14. The second-order valence-electron chi connectivity index (χ2n) is 7.86. The first-order valence-electron chi connectivity index (χ1n) is 10.8. The Bertz CT molecular complexity index is 1050. The topological polar surface area (TPSA) is 64.8 Å². The van der Waals surface area contributed by atoms with Crippen LogP contribution in [0.2, 0.25) is 5.02 Å². The molecule has 0 saturated carbocycles. The van der Waals surface area contributed by atoms with Crippen molar-refractivity contribution in [3.05, 3.63) is 71.2 Å². The van der Waals surface area contributed by atoms with Crippen LogP contribution in [0.5, 0.6) is 5.75 Å². The maximum atomic E-state index is 13.1. The van der Waals surface area contributed by atoms with Crippen LogP contribution in [-0.2, 0) is 22.5 Å². The standard InChI is InChI=1S/C25H27ClN2O4/c1-30-19-7-4-6-18(14-19)16-28(17-20-8-5-13-31-20)25(29)12-11-24-27-15-23(32-24)21-9-2-3-10-22(21)26/h2-4,6-7,9-10,14-15,20H,5,8,11-13,16-17H2,1H3. The number of ether oxygens (including phenoxy) is 2. The molecule has 1 aromatic heterocycles. The van der Waals surface area contributed by atoms with E-state index >= 15 is 0 Å². The molecule has 0 bridgehead atoms. The van der Waals surface area contributed by atoms with Crippen molar-refractivity contribution in [2.45, 2.75) is 38.3 Å². The molecule has 3 aromatic rings. The minimum absolute atomic E-state index is 0.0424. The number of hydrogen-bond acceptors (Lipinski definition) is 5. The van der Waals surface area contributed by atoms with Crippen LogP contribution in [-0.4, -0.2) is 42.2 Å². The Morgan fingerprint density at radius 1 is 1.25 bits per heavy atom. The Morgan fingerprint density at radius 2 is 2.12 bits per heavy atom. The van der Waals surface area contributed by atoms with E-state index in [2.05, 4.69) is 4.98 Å². The van der Waals surface area contributed by atoms with Crippen molar-refractivity contribution in [1.29, 1.82) is 0 Å². The normalized spacial score (nSPS) is 15.6. The van der Waals surface area contributed by atoms with Crippen molar-refractivity contribution < 1.29 is 18.7 Å². The summed E-state index contributed by atoms with van der Waals surface area (Å²) >= 11 is 6.25. The van der Waals surface area contributed by atoms with Crippen molar-refractivity contribution in [2.75, 3.05) is 20.3 Å². The molecule has 0 aliphatic carbocycles. The average Bonchev–Trinajstić information content (AvgIpc) is 3.50. The van der Waals surface area contributed by atoms with Crippen molar-refractivity contribution in [3.63, 3.8) is 0 Å². The zero-order valence-corrected chi connectivity index (χ0v) is 18.9. The Kier molecular flexibility index (Phi) is 7.45. The fourth-order valence-electron chi connectivity index (χ4n) is 3.86. The first kappa shape index (κ1) is 22.4. The molecule has 1 aliphatic heterocycles. The summed E-state index contributed by atoms with van der Waals surface area (Å²) in [7, 11) is 1.64. The minimum Gasteiger partial charge on any atom is -0.497 e. The second kappa shape index (κ2) is 10.7. The van der Waals surface area contributed by atoms with Gasteiger partial charge in [-0.15, -0.1) is 0 Å². The molecule has 1 amide bonds. The summed E-state index contributed by atoms with van der Waals surface area (Å²) in [6.07, 6.45) is 4.47. The first-order valence-corrected chi connectivity index (χ1v) is 11.2. The predicted molar refractivity (Wildman–Crippen MR) is 123 cm³/mol. The lowest BCUT2D eigenvalue weighted by Crippen LogP contribution is -2.37. The van der Waals surface area contributed by atoms with Crippen molar-refractivity contribution in [1.82, 2.24) is 9.88 Å². The Balaban J connectivity index is 1.42. The van der Waals surface area contributed by atoms with Crippen LogP contribution in [0.1, 0.15) is 30.7 Å². The lowest BCUT2D eigenvalue weighted by molar-refractivity contribution is -0.133. The summed E-state index contributed by atoms with van der Waals surface area (Å²) in [6, 6.07) is 15.3. The molecule has 1 atom stereocenters. The number of hydrogen-bond donors (Lipinski definition) is 0. The summed E-state index contributed by atoms with van der Waals surface area (Å²) < 4.78 is 17.0. The van der Waals surface area contributed by atoms with Crippen LogP contribution in [0.3, 0.4) is 0 Å². The molecule has 1 fully saturated rings. The molecular weight excluding hydrogens is 428 g/mol. The summed E-state index contributed by atoms with van der Waals surface area (Å²) in [5.41, 5.74) is 1.81. The van der Waals surface area contributed by atoms with Gasteiger partial charge in [0, 0.05) is 38.1 Å². The van der Waals surface area contributed by atoms with Gasteiger partial charge in [0.15, 0.2) is 11.7 Å². The number of carbonyl (C=O) groups excluding carboxylic acids is 1. The molecule has 0 spiro atoms. The van der Waals surface area contributed by atoms with E-state index in [1.54, 1.807) is 13.3 Å². The lowest BCUT2D eigenvalue weighted by atomic mass is 10.1. The number of amides is 1. The fraction of sp³-hybridized carbons (Fsp3) is 0.360. The number of aryl methyl sites for hydroxylation is 1. The van der Waals surface area contributed by atoms with Gasteiger partial charge in [0.05, 0.1) is 24.4 Å². The quantitative estimate of drug-likeness (QED) is 0.447. The number of rotatable bonds is 9. The van der Waals surface area contributed by atoms with Crippen LogP contribution in [0.25, 0.3) is 11.3 Å². The summed E-state index contributed by atoms with van der Waals surface area (Å²) in [4.78, 5) is 19.3. The van der Waals surface area contributed by atoms with E-state index in [0.29, 0.717) is 42.6 Å². The second-order valence-corrected chi connectivity index (χ2v) is 8.27. The summed E-state index contributed by atoms with van der Waals surface area (Å²) in [5.74, 6) is 1.94. The maximum Gasteiger partial charge on any atom is 0.223 e. The van der Waals surface area contributed by atoms with E-state index in [1.807, 2.05) is 53.4 Å². The smallest absolute Gasteiger partial charge is 0.223 e. The van der Waals surface area contributed by atoms with Gasteiger partial charge in [0.1, 0.15) is 5.75 Å². The zero-order chi connectivity index (χ0) is 22.3. The Morgan fingerprint density at radius 3 is 2.91 bits per heavy atom. The van der Waals surface area contributed by atoms with Crippen LogP contribution in [0.4, 0.5) is 0 Å². The van der Waals surface area contributed by atoms with Crippen LogP contribution in [0.15, 0.2) is 59.1 Å². The minimum atomic E-state index is 0.0424. The van der Waals surface area contributed by atoms with Gasteiger partial charge in [-0.3, -0.25) is 4.79 Å². The molecule has 4 rings (SSSR count). The van der Waals surface area contributed by atoms with E-state index in [9.17, 15) is 4.79 Å². The molecule has 1 aliphatic rings. The van der Waals surface area contributed by atoms with Gasteiger partial charge < -0.3 is 18.8 Å². The molecular formula is C25H27ClN2O4. The van der Waals surface area contributed by atoms with Crippen molar-refractivity contribution in [2.24, 2.45) is 0 Å². The molecule has 168 valence electrons. The van der Waals surface area contributed by atoms with E-state index in [4.69, 9.17) is 25.5 Å². The first-order chi connectivity index (χ1) is 15.6. The van der Waals surface area contributed by atoms with Crippen molar-refractivity contribution >= 4 is 17.5 Å². The summed E-state index contributed by atoms with van der Waals surface area (Å²) in [6.45, 7) is 1.84. The lowest BCUT2D eigenvalue weighted by Gasteiger charge is -2.26. The van der Waals surface area contributed by atoms with Gasteiger partial charge in [-0.25, -0.2) is 4.98 Å². The number of carbonyl (C=O) groups is 1. The highest BCUT2D eigenvalue weighted by molar-refractivity contribution is 6.33. The van der Waals surface area contributed by atoms with Gasteiger partial charge in [0.25, 0.3) is 0 Å². The largest absolute Gasteiger partial charge is 0.497 e. The van der Waals surface area contributed by atoms with Gasteiger partial charge >= 0.3 is 0 Å². The van der Waals surface area contributed by atoms with E-state index < -0.39 is 0 Å². The highest BCUT2D eigenvalue weighted by Gasteiger charge is 2.23. The van der Waals surface area contributed by atoms with Crippen LogP contribution < -0.4 is 4.74 Å². The third-order valence-electron chi connectivity index (χ3n) is 5.55. The van der Waals surface area contributed by atoms with Gasteiger partial charge in [-0.1, -0.05) is 35.9 Å². The number of nitrogens with zero attached hydrogens (tertiary/aromatic N) is 2. The average molecular weight is 455 g/mol. The van der Waals surface area contributed by atoms with E-state index in [-0.39, 0.29) is 12.0 Å². The highest BCUT2D eigenvalue weighted by atomic mass is 35.5. The molecule has 0 N–H and O–H groups in total. The zero-order valence-electron chi connectivity index (χ0n) is 18.1. The fourth-order valence-corrected chi connectivity index (χ4v) is 4.09. The number of oxazole rings is 1. The Labute approximate surface area is 193 Å². The molecule has 1 saturated heterocycles. The molecule has 32 heavy (non-hydrogen) atoms. The molecule has 6 nitrogen and oxygen atoms in total. The number of halogens is 1. The molecule has 0 radical (unpaired) electrons. The van der Waals surface area contributed by atoms with Crippen LogP contribution in [0, 0.1) is 0 Å². The number of aromatic nitrogens is 1. The van der Waals surface area contributed by atoms with Crippen LogP contribution >= 0.6 is 11.6 Å². The molecule has 2 heterocycles. The third kappa shape index (κ3) is 5.69. The van der Waals surface area contributed by atoms with E-state index in [0.717, 1.165) is 36.3 Å². The van der Waals surface area contributed by atoms with Gasteiger partial charge in [0.2, 0.25) is 5.91 Å². The summed E-state index contributed by atoms with van der Waals surface area (Å²) in [5, 5.41) is 0.604. The maximum absolute atomic E-state index is 13.1. The van der Waals surface area contributed by atoms with E-state index in [1.165, 1.54) is 0 Å². The Hall–Kier alpha value is -2.83. The molecule has 1 unspecified atom stereocenters. The highest BCUT2D eigenvalue weighted by Crippen LogP contribution is 2.28. The number of methoxy groups -OCH3 is 1. The third-order valence-corrected chi connectivity index (χ3v) is 5.88. The van der Waals surface area contributed by atoms with Gasteiger partial charge in [-0.2, -0.15) is 0 Å².